The number of hydrogen-bond donors (Lipinski definition) is 1. The lowest BCUT2D eigenvalue weighted by atomic mass is 10.1. The highest BCUT2D eigenvalue weighted by atomic mass is 16.5. The minimum absolute atomic E-state index is 0.351. The summed E-state index contributed by atoms with van der Waals surface area (Å²) < 4.78 is 4.61. The lowest BCUT2D eigenvalue weighted by Crippen LogP contribution is -2.41. The van der Waals surface area contributed by atoms with Crippen LogP contribution in [-0.4, -0.2) is 30.6 Å². The topological polar surface area (TPSA) is 55.6 Å². The molecule has 0 spiro atoms. The van der Waals surface area contributed by atoms with E-state index in [0.29, 0.717) is 6.54 Å². The summed E-state index contributed by atoms with van der Waals surface area (Å²) in [5, 5.41) is 0. The standard InChI is InChI=1S/C12H16N2O2/c1-16-12(15)11(13)8-14-6-9-4-2-3-5-10(9)7-14/h2-5,11H,6-8,13H2,1H3. The summed E-state index contributed by atoms with van der Waals surface area (Å²) in [7, 11) is 1.36. The van der Waals surface area contributed by atoms with Crippen LogP contribution < -0.4 is 5.73 Å². The van der Waals surface area contributed by atoms with Crippen LogP contribution in [0.1, 0.15) is 11.1 Å². The maximum absolute atomic E-state index is 11.2. The summed E-state index contributed by atoms with van der Waals surface area (Å²) in [6.45, 7) is 2.27. The predicted octanol–water partition coefficient (Wildman–Crippen LogP) is 0.503. The summed E-state index contributed by atoms with van der Waals surface area (Å²) in [5.74, 6) is -0.351. The van der Waals surface area contributed by atoms with Gasteiger partial charge in [-0.2, -0.15) is 0 Å². The number of methoxy groups -OCH3 is 1. The molecule has 0 bridgehead atoms. The predicted molar refractivity (Wildman–Crippen MR) is 60.5 cm³/mol. The Labute approximate surface area is 95.0 Å². The molecule has 0 fully saturated rings. The Hall–Kier alpha value is -1.39. The number of carbonyl (C=O) groups is 1. The van der Waals surface area contributed by atoms with Crippen molar-refractivity contribution in [1.82, 2.24) is 4.90 Å². The van der Waals surface area contributed by atoms with Crippen LogP contribution in [0.5, 0.6) is 0 Å². The molecule has 1 unspecified atom stereocenters. The van der Waals surface area contributed by atoms with Crippen molar-refractivity contribution in [2.24, 2.45) is 5.73 Å². The van der Waals surface area contributed by atoms with Gasteiger partial charge in [-0.3, -0.25) is 9.69 Å². The van der Waals surface area contributed by atoms with E-state index < -0.39 is 6.04 Å². The molecule has 1 aromatic carbocycles. The minimum atomic E-state index is -0.556. The highest BCUT2D eigenvalue weighted by molar-refractivity contribution is 5.75. The maximum atomic E-state index is 11.2. The average Bonchev–Trinajstić information content (AvgIpc) is 2.69. The van der Waals surface area contributed by atoms with Crippen molar-refractivity contribution in [3.05, 3.63) is 35.4 Å². The lowest BCUT2D eigenvalue weighted by molar-refractivity contribution is -0.142. The van der Waals surface area contributed by atoms with Crippen LogP contribution in [0, 0.1) is 0 Å². The van der Waals surface area contributed by atoms with Crippen LogP contribution in [0.25, 0.3) is 0 Å². The molecule has 1 aliphatic heterocycles. The molecule has 0 saturated carbocycles. The normalized spacial score (nSPS) is 16.9. The molecule has 1 atom stereocenters. The second-order valence-corrected chi connectivity index (χ2v) is 4.07. The number of nitrogens with two attached hydrogens (primary N) is 1. The lowest BCUT2D eigenvalue weighted by Gasteiger charge is -2.18. The first-order valence-corrected chi connectivity index (χ1v) is 5.33. The van der Waals surface area contributed by atoms with E-state index >= 15 is 0 Å². The molecule has 86 valence electrons. The fourth-order valence-corrected chi connectivity index (χ4v) is 2.04. The van der Waals surface area contributed by atoms with Gasteiger partial charge in [0, 0.05) is 19.6 Å². The van der Waals surface area contributed by atoms with Gasteiger partial charge in [-0.1, -0.05) is 24.3 Å². The van der Waals surface area contributed by atoms with E-state index in [0.717, 1.165) is 13.1 Å². The average molecular weight is 220 g/mol. The van der Waals surface area contributed by atoms with E-state index in [2.05, 4.69) is 21.8 Å². The zero-order valence-electron chi connectivity index (χ0n) is 9.35. The third-order valence-corrected chi connectivity index (χ3v) is 2.87. The monoisotopic (exact) mass is 220 g/mol. The largest absolute Gasteiger partial charge is 0.468 e. The van der Waals surface area contributed by atoms with Crippen LogP contribution in [0.15, 0.2) is 24.3 Å². The van der Waals surface area contributed by atoms with Gasteiger partial charge in [-0.15, -0.1) is 0 Å². The molecule has 0 amide bonds. The van der Waals surface area contributed by atoms with Crippen molar-refractivity contribution in [1.29, 1.82) is 0 Å². The Balaban J connectivity index is 1.94. The van der Waals surface area contributed by atoms with Crippen LogP contribution in [0.4, 0.5) is 0 Å². The van der Waals surface area contributed by atoms with Gasteiger partial charge in [-0.05, 0) is 11.1 Å². The Morgan fingerprint density at radius 3 is 2.50 bits per heavy atom. The molecule has 1 heterocycles. The second kappa shape index (κ2) is 4.63. The second-order valence-electron chi connectivity index (χ2n) is 4.07. The van der Waals surface area contributed by atoms with Crippen molar-refractivity contribution in [2.75, 3.05) is 13.7 Å². The highest BCUT2D eigenvalue weighted by Crippen LogP contribution is 2.21. The fraction of sp³-hybridized carbons (Fsp3) is 0.417. The zero-order chi connectivity index (χ0) is 11.5. The van der Waals surface area contributed by atoms with Gasteiger partial charge in [0.25, 0.3) is 0 Å². The van der Waals surface area contributed by atoms with Gasteiger partial charge >= 0.3 is 5.97 Å². The SMILES string of the molecule is COC(=O)C(N)CN1Cc2ccccc2C1. The molecule has 2 rings (SSSR count). The molecule has 0 radical (unpaired) electrons. The number of nitrogens with zero attached hydrogens (tertiary/aromatic N) is 1. The van der Waals surface area contributed by atoms with Crippen LogP contribution in [0.3, 0.4) is 0 Å². The Bertz CT molecular complexity index is 367. The molecule has 2 N–H and O–H groups in total. The van der Waals surface area contributed by atoms with Gasteiger partial charge in [-0.25, -0.2) is 0 Å². The molecule has 0 aromatic heterocycles. The smallest absolute Gasteiger partial charge is 0.323 e. The van der Waals surface area contributed by atoms with Crippen molar-refractivity contribution in [3.63, 3.8) is 0 Å². The quantitative estimate of drug-likeness (QED) is 0.754. The van der Waals surface area contributed by atoms with E-state index in [4.69, 9.17) is 5.73 Å². The highest BCUT2D eigenvalue weighted by Gasteiger charge is 2.23. The van der Waals surface area contributed by atoms with Crippen molar-refractivity contribution in [3.8, 4) is 0 Å². The number of carbonyl (C=O) groups excluding carboxylic acids is 1. The summed E-state index contributed by atoms with van der Waals surface area (Å²) >= 11 is 0. The van der Waals surface area contributed by atoms with E-state index in [1.807, 2.05) is 12.1 Å². The number of benzene rings is 1. The van der Waals surface area contributed by atoms with Gasteiger partial charge in [0.15, 0.2) is 0 Å². The van der Waals surface area contributed by atoms with Gasteiger partial charge in [0.05, 0.1) is 7.11 Å². The molecule has 16 heavy (non-hydrogen) atoms. The number of rotatable bonds is 3. The number of esters is 1. The molecular weight excluding hydrogens is 204 g/mol. The van der Waals surface area contributed by atoms with E-state index in [1.54, 1.807) is 0 Å². The Morgan fingerprint density at radius 1 is 1.44 bits per heavy atom. The number of ether oxygens (including phenoxy) is 1. The van der Waals surface area contributed by atoms with Crippen LogP contribution >= 0.6 is 0 Å². The van der Waals surface area contributed by atoms with Gasteiger partial charge < -0.3 is 10.5 Å². The maximum Gasteiger partial charge on any atom is 0.323 e. The van der Waals surface area contributed by atoms with E-state index in [-0.39, 0.29) is 5.97 Å². The van der Waals surface area contributed by atoms with Gasteiger partial charge in [0.1, 0.15) is 6.04 Å². The molecular formula is C12H16N2O2. The summed E-state index contributed by atoms with van der Waals surface area (Å²) in [5.41, 5.74) is 8.36. The van der Waals surface area contributed by atoms with Gasteiger partial charge in [0.2, 0.25) is 0 Å². The van der Waals surface area contributed by atoms with E-state index in [9.17, 15) is 4.79 Å². The summed E-state index contributed by atoms with van der Waals surface area (Å²) in [6, 6.07) is 7.72. The molecule has 0 saturated heterocycles. The van der Waals surface area contributed by atoms with Crippen LogP contribution in [0.2, 0.25) is 0 Å². The summed E-state index contributed by atoms with van der Waals surface area (Å²) in [4.78, 5) is 13.4. The molecule has 1 aliphatic rings. The first-order valence-electron chi connectivity index (χ1n) is 5.33. The van der Waals surface area contributed by atoms with Crippen molar-refractivity contribution < 1.29 is 9.53 Å². The number of fused-ring (bicyclic) bond motifs is 1. The zero-order valence-corrected chi connectivity index (χ0v) is 9.35. The fourth-order valence-electron chi connectivity index (χ4n) is 2.04. The molecule has 1 aromatic rings. The molecule has 4 heteroatoms. The third kappa shape index (κ3) is 2.23. The molecule has 0 aliphatic carbocycles. The first-order chi connectivity index (χ1) is 7.70. The molecule has 4 nitrogen and oxygen atoms in total. The van der Waals surface area contributed by atoms with Crippen LogP contribution in [-0.2, 0) is 22.6 Å². The Morgan fingerprint density at radius 2 is 2.00 bits per heavy atom. The first kappa shape index (κ1) is 11.1. The number of hydrogen-bond acceptors (Lipinski definition) is 4. The minimum Gasteiger partial charge on any atom is -0.468 e. The summed E-state index contributed by atoms with van der Waals surface area (Å²) in [6.07, 6.45) is 0. The van der Waals surface area contributed by atoms with Crippen molar-refractivity contribution in [2.45, 2.75) is 19.1 Å². The van der Waals surface area contributed by atoms with E-state index in [1.165, 1.54) is 18.2 Å². The third-order valence-electron chi connectivity index (χ3n) is 2.87. The Kier molecular flexibility index (Phi) is 3.22. The van der Waals surface area contributed by atoms with Crippen molar-refractivity contribution >= 4 is 5.97 Å².